The molecule has 1 aliphatic rings. The van der Waals surface area contributed by atoms with Gasteiger partial charge in [-0.1, -0.05) is 31.7 Å². The summed E-state index contributed by atoms with van der Waals surface area (Å²) in [5.41, 5.74) is 7.79. The molecule has 0 spiro atoms. The molecule has 0 aliphatic heterocycles. The maximum atomic E-state index is 12.0. The number of nitrogens with one attached hydrogen (secondary N) is 1. The van der Waals surface area contributed by atoms with Gasteiger partial charge in [0.1, 0.15) is 0 Å². The van der Waals surface area contributed by atoms with E-state index in [1.807, 2.05) is 6.07 Å². The Hall–Kier alpha value is -1.31. The number of benzene rings is 1. The first kappa shape index (κ1) is 25.9. The SMILES string of the molecule is CC(=O)c1ccc(CCC(=O)NCCCCCCOP(O)(=S)OC2CCCC2)cc1N. The van der Waals surface area contributed by atoms with Crippen molar-refractivity contribution < 1.29 is 23.5 Å². The predicted octanol–water partition coefficient (Wildman–Crippen LogP) is 4.27. The number of unbranched alkanes of at least 4 members (excludes halogenated alkanes) is 3. The Labute approximate surface area is 190 Å². The van der Waals surface area contributed by atoms with Crippen LogP contribution in [0.25, 0.3) is 0 Å². The van der Waals surface area contributed by atoms with Crippen molar-refractivity contribution in [2.75, 3.05) is 18.9 Å². The zero-order valence-electron chi connectivity index (χ0n) is 18.3. The van der Waals surface area contributed by atoms with Gasteiger partial charge in [0.15, 0.2) is 5.78 Å². The number of aryl methyl sites for hydroxylation is 1. The van der Waals surface area contributed by atoms with Crippen LogP contribution < -0.4 is 11.1 Å². The minimum atomic E-state index is -3.11. The molecule has 4 N–H and O–H groups in total. The summed E-state index contributed by atoms with van der Waals surface area (Å²) in [6, 6.07) is 5.31. The van der Waals surface area contributed by atoms with E-state index < -0.39 is 6.72 Å². The van der Waals surface area contributed by atoms with E-state index in [0.29, 0.717) is 37.2 Å². The van der Waals surface area contributed by atoms with Gasteiger partial charge in [-0.25, -0.2) is 0 Å². The van der Waals surface area contributed by atoms with Crippen LogP contribution in [0, 0.1) is 0 Å². The molecule has 1 fully saturated rings. The Kier molecular flexibility index (Phi) is 11.1. The van der Waals surface area contributed by atoms with Crippen molar-refractivity contribution in [1.82, 2.24) is 5.32 Å². The highest BCUT2D eigenvalue weighted by atomic mass is 32.5. The van der Waals surface area contributed by atoms with Crippen LogP contribution in [0.4, 0.5) is 5.69 Å². The van der Waals surface area contributed by atoms with Gasteiger partial charge in [0.2, 0.25) is 5.91 Å². The molecule has 1 aromatic rings. The molecule has 0 saturated heterocycles. The van der Waals surface area contributed by atoms with Crippen LogP contribution in [0.15, 0.2) is 18.2 Å². The Morgan fingerprint density at radius 2 is 1.94 bits per heavy atom. The molecule has 2 rings (SSSR count). The Morgan fingerprint density at radius 3 is 2.61 bits per heavy atom. The first-order valence-corrected chi connectivity index (χ1v) is 13.7. The lowest BCUT2D eigenvalue weighted by Crippen LogP contribution is -2.24. The number of carbonyl (C=O) groups is 2. The molecule has 0 aromatic heterocycles. The summed E-state index contributed by atoms with van der Waals surface area (Å²) in [6.07, 6.45) is 8.77. The fourth-order valence-corrected chi connectivity index (χ4v) is 5.23. The summed E-state index contributed by atoms with van der Waals surface area (Å²) in [5.74, 6) is -0.0603. The number of nitrogens with two attached hydrogens (primary N) is 1. The van der Waals surface area contributed by atoms with Crippen LogP contribution in [0.5, 0.6) is 0 Å². The molecular formula is C22H35N2O5PS. The number of hydrogen-bond donors (Lipinski definition) is 3. The molecule has 0 radical (unpaired) electrons. The lowest BCUT2D eigenvalue weighted by atomic mass is 10.0. The number of carbonyl (C=O) groups excluding carboxylic acids is 2. The minimum Gasteiger partial charge on any atom is -0.398 e. The molecule has 7 nitrogen and oxygen atoms in total. The van der Waals surface area contributed by atoms with Crippen molar-refractivity contribution in [2.24, 2.45) is 0 Å². The van der Waals surface area contributed by atoms with E-state index >= 15 is 0 Å². The normalized spacial score (nSPS) is 16.2. The molecule has 1 unspecified atom stereocenters. The number of Topliss-reactive ketones (excluding diaryl/α,β-unsaturated/α-hetero) is 1. The summed E-state index contributed by atoms with van der Waals surface area (Å²) in [4.78, 5) is 33.5. The van der Waals surface area contributed by atoms with E-state index in [-0.39, 0.29) is 17.8 Å². The highest BCUT2D eigenvalue weighted by molar-refractivity contribution is 8.07. The van der Waals surface area contributed by atoms with Crippen molar-refractivity contribution in [2.45, 2.75) is 77.2 Å². The highest BCUT2D eigenvalue weighted by Crippen LogP contribution is 2.47. The van der Waals surface area contributed by atoms with Gasteiger partial charge >= 0.3 is 6.72 Å². The lowest BCUT2D eigenvalue weighted by Gasteiger charge is -2.19. The quantitative estimate of drug-likeness (QED) is 0.161. The van der Waals surface area contributed by atoms with Crippen LogP contribution in [-0.2, 0) is 32.1 Å². The first-order valence-electron chi connectivity index (χ1n) is 11.1. The molecule has 1 aliphatic carbocycles. The van der Waals surface area contributed by atoms with Crippen LogP contribution in [0.1, 0.15) is 80.6 Å². The van der Waals surface area contributed by atoms with Crippen LogP contribution in [-0.4, -0.2) is 35.8 Å². The fourth-order valence-electron chi connectivity index (χ4n) is 3.64. The summed E-state index contributed by atoms with van der Waals surface area (Å²) in [5, 5.41) is 2.93. The van der Waals surface area contributed by atoms with Gasteiger partial charge in [-0.15, -0.1) is 0 Å². The van der Waals surface area contributed by atoms with Gasteiger partial charge < -0.3 is 25.0 Å². The van der Waals surface area contributed by atoms with E-state index in [1.165, 1.54) is 6.92 Å². The number of anilines is 1. The molecular weight excluding hydrogens is 435 g/mol. The van der Waals surface area contributed by atoms with Gasteiger partial charge in [-0.2, -0.15) is 0 Å². The molecule has 0 bridgehead atoms. The number of nitrogen functional groups attached to an aromatic ring is 1. The maximum Gasteiger partial charge on any atom is 0.324 e. The second-order valence-corrected chi connectivity index (χ2v) is 10.8. The summed E-state index contributed by atoms with van der Waals surface area (Å²) in [7, 11) is 0. The zero-order chi connectivity index (χ0) is 22.7. The van der Waals surface area contributed by atoms with Crippen LogP contribution >= 0.6 is 6.72 Å². The van der Waals surface area contributed by atoms with Crippen molar-refractivity contribution in [3.8, 4) is 0 Å². The van der Waals surface area contributed by atoms with Gasteiger partial charge in [-0.3, -0.25) is 9.59 Å². The molecule has 1 amide bonds. The van der Waals surface area contributed by atoms with Gasteiger partial charge in [0.25, 0.3) is 0 Å². The summed E-state index contributed by atoms with van der Waals surface area (Å²) in [6.45, 7) is -0.591. The second kappa shape index (κ2) is 13.3. The van der Waals surface area contributed by atoms with Gasteiger partial charge in [0, 0.05) is 24.2 Å². The fraction of sp³-hybridized carbons (Fsp3) is 0.636. The molecule has 9 heteroatoms. The molecule has 174 valence electrons. The van der Waals surface area contributed by atoms with Crippen molar-refractivity contribution in [1.29, 1.82) is 0 Å². The van der Waals surface area contributed by atoms with E-state index in [4.69, 9.17) is 26.6 Å². The van der Waals surface area contributed by atoms with E-state index in [2.05, 4.69) is 5.32 Å². The second-order valence-electron chi connectivity index (χ2n) is 8.06. The van der Waals surface area contributed by atoms with Crippen LogP contribution in [0.2, 0.25) is 0 Å². The van der Waals surface area contributed by atoms with Gasteiger partial charge in [0.05, 0.1) is 12.7 Å². The van der Waals surface area contributed by atoms with Crippen LogP contribution in [0.3, 0.4) is 0 Å². The maximum absolute atomic E-state index is 12.0. The third-order valence-corrected chi connectivity index (χ3v) is 7.02. The van der Waals surface area contributed by atoms with E-state index in [9.17, 15) is 14.5 Å². The average molecular weight is 471 g/mol. The smallest absolute Gasteiger partial charge is 0.324 e. The monoisotopic (exact) mass is 470 g/mol. The zero-order valence-corrected chi connectivity index (χ0v) is 20.0. The van der Waals surface area contributed by atoms with E-state index in [1.54, 1.807) is 12.1 Å². The third kappa shape index (κ3) is 10.2. The summed E-state index contributed by atoms with van der Waals surface area (Å²) < 4.78 is 10.9. The molecule has 1 saturated carbocycles. The van der Waals surface area contributed by atoms with E-state index in [0.717, 1.165) is 56.9 Å². The minimum absolute atomic E-state index is 0.00239. The standard InChI is InChI=1S/C22H35N2O5PS/c1-17(25)20-12-10-18(16-21(20)23)11-13-22(26)24-14-6-2-3-7-15-28-30(27,31)29-19-8-4-5-9-19/h10,12,16,19H,2-9,11,13-15,23H2,1H3,(H,24,26)(H,27,31). The third-order valence-electron chi connectivity index (χ3n) is 5.37. The molecule has 1 aromatic carbocycles. The topological polar surface area (TPSA) is 111 Å². The first-order chi connectivity index (χ1) is 14.8. The molecule has 31 heavy (non-hydrogen) atoms. The number of hydrogen-bond acceptors (Lipinski definition) is 6. The Bertz CT molecular complexity index is 783. The lowest BCUT2D eigenvalue weighted by molar-refractivity contribution is -0.121. The van der Waals surface area contributed by atoms with Gasteiger partial charge in [-0.05, 0) is 68.5 Å². The summed E-state index contributed by atoms with van der Waals surface area (Å²) >= 11 is 5.07. The number of amides is 1. The van der Waals surface area contributed by atoms with Crippen molar-refractivity contribution in [3.63, 3.8) is 0 Å². The molecule has 1 atom stereocenters. The number of rotatable bonds is 14. The Balaban J connectivity index is 1.49. The van der Waals surface area contributed by atoms with Crippen molar-refractivity contribution in [3.05, 3.63) is 29.3 Å². The van der Waals surface area contributed by atoms with Crippen molar-refractivity contribution >= 4 is 35.9 Å². The highest BCUT2D eigenvalue weighted by Gasteiger charge is 2.24. The Morgan fingerprint density at radius 1 is 1.23 bits per heavy atom. The largest absolute Gasteiger partial charge is 0.398 e. The average Bonchev–Trinajstić information content (AvgIpc) is 3.20. The predicted molar refractivity (Wildman–Crippen MR) is 126 cm³/mol. The number of ketones is 1. The molecule has 0 heterocycles.